The van der Waals surface area contributed by atoms with Gasteiger partial charge < -0.3 is 0 Å². The predicted octanol–water partition coefficient (Wildman–Crippen LogP) is 1.99. The van der Waals surface area contributed by atoms with Crippen LogP contribution >= 0.6 is 11.3 Å². The van der Waals surface area contributed by atoms with Crippen LogP contribution in [-0.2, 0) is 13.0 Å². The van der Waals surface area contributed by atoms with Crippen molar-refractivity contribution in [1.82, 2.24) is 0 Å². The third kappa shape index (κ3) is 1.09. The zero-order valence-electron chi connectivity index (χ0n) is 7.18. The van der Waals surface area contributed by atoms with Gasteiger partial charge in [-0.15, -0.1) is 0 Å². The molecule has 0 N–H and O–H groups in total. The highest BCUT2D eigenvalue weighted by Crippen LogP contribution is 2.19. The Hall–Kier alpha value is -0.370. The Morgan fingerprint density at radius 3 is 2.82 bits per heavy atom. The van der Waals surface area contributed by atoms with Gasteiger partial charge in [-0.25, -0.2) is 0 Å². The number of rotatable bonds is 0. The van der Waals surface area contributed by atoms with Crippen LogP contribution in [0.25, 0.3) is 0 Å². The fourth-order valence-electron chi connectivity index (χ4n) is 1.71. The van der Waals surface area contributed by atoms with Gasteiger partial charge in [-0.1, -0.05) is 11.3 Å². The molecule has 0 saturated carbocycles. The lowest BCUT2D eigenvalue weighted by Crippen LogP contribution is -2.41. The zero-order valence-corrected chi connectivity index (χ0v) is 8.00. The van der Waals surface area contributed by atoms with Crippen LogP contribution in [0.5, 0.6) is 0 Å². The average molecular weight is 168 g/mol. The minimum absolute atomic E-state index is 1.26. The van der Waals surface area contributed by atoms with Crippen LogP contribution in [0.2, 0.25) is 0 Å². The number of thiazole rings is 1. The molecule has 0 radical (unpaired) electrons. The summed E-state index contributed by atoms with van der Waals surface area (Å²) in [6.07, 6.45) is 4.06. The molecule has 2 heteroatoms. The van der Waals surface area contributed by atoms with Gasteiger partial charge in [0.05, 0.1) is 4.88 Å². The largest absolute Gasteiger partial charge is 0.237 e. The van der Waals surface area contributed by atoms with Crippen molar-refractivity contribution in [3.8, 4) is 0 Å². The number of hydrogen-bond donors (Lipinski definition) is 0. The molecule has 0 saturated heterocycles. The Labute approximate surface area is 71.7 Å². The lowest BCUT2D eigenvalue weighted by Gasteiger charge is -2.04. The first-order valence-electron chi connectivity index (χ1n) is 4.28. The Morgan fingerprint density at radius 1 is 1.27 bits per heavy atom. The molecule has 1 nitrogen and oxygen atoms in total. The first kappa shape index (κ1) is 7.29. The van der Waals surface area contributed by atoms with Crippen LogP contribution in [0.15, 0.2) is 0 Å². The molecule has 0 aliphatic carbocycles. The Morgan fingerprint density at radius 2 is 2.09 bits per heavy atom. The standard InChI is InChI=1S/C9H14NS/c1-7-8(2)11-9-5-3-4-6-10(7)9/h3-6H2,1-2H3/q+1. The summed E-state index contributed by atoms with van der Waals surface area (Å²) in [5, 5.41) is 1.59. The summed E-state index contributed by atoms with van der Waals surface area (Å²) < 4.78 is 2.49. The van der Waals surface area contributed by atoms with Crippen molar-refractivity contribution < 1.29 is 4.57 Å². The van der Waals surface area contributed by atoms with Crippen molar-refractivity contribution in [3.63, 3.8) is 0 Å². The van der Waals surface area contributed by atoms with Gasteiger partial charge in [-0.3, -0.25) is 0 Å². The van der Waals surface area contributed by atoms with Crippen LogP contribution in [0.3, 0.4) is 0 Å². The molecule has 0 spiro atoms. The van der Waals surface area contributed by atoms with Gasteiger partial charge in [-0.2, -0.15) is 4.57 Å². The van der Waals surface area contributed by atoms with E-state index in [2.05, 4.69) is 18.4 Å². The van der Waals surface area contributed by atoms with Gasteiger partial charge in [0.15, 0.2) is 5.69 Å². The quantitative estimate of drug-likeness (QED) is 0.522. The van der Waals surface area contributed by atoms with Crippen molar-refractivity contribution in [3.05, 3.63) is 15.6 Å². The van der Waals surface area contributed by atoms with Gasteiger partial charge in [0, 0.05) is 19.8 Å². The smallest absolute Gasteiger partial charge is 0.190 e. The molecule has 0 bridgehead atoms. The average Bonchev–Trinajstić information content (AvgIpc) is 2.30. The van der Waals surface area contributed by atoms with Crippen LogP contribution < -0.4 is 4.57 Å². The topological polar surface area (TPSA) is 3.88 Å². The van der Waals surface area contributed by atoms with E-state index in [1.807, 2.05) is 11.3 Å². The molecule has 2 rings (SSSR count). The van der Waals surface area contributed by atoms with Crippen LogP contribution in [-0.4, -0.2) is 0 Å². The van der Waals surface area contributed by atoms with E-state index >= 15 is 0 Å². The number of hydrogen-bond acceptors (Lipinski definition) is 1. The summed E-state index contributed by atoms with van der Waals surface area (Å²) in [6.45, 7) is 5.72. The Balaban J connectivity index is 2.50. The van der Waals surface area contributed by atoms with Crippen molar-refractivity contribution in [2.75, 3.05) is 0 Å². The Bertz CT molecular complexity index is 275. The zero-order chi connectivity index (χ0) is 7.84. The number of aromatic nitrogens is 1. The van der Waals surface area contributed by atoms with E-state index in [0.717, 1.165) is 0 Å². The normalized spacial score (nSPS) is 16.5. The summed E-state index contributed by atoms with van der Waals surface area (Å²) in [6, 6.07) is 0. The highest BCUT2D eigenvalue weighted by Gasteiger charge is 2.23. The number of aryl methyl sites for hydroxylation is 2. The summed E-state index contributed by atoms with van der Waals surface area (Å²) in [5.41, 5.74) is 1.49. The number of nitrogens with zero attached hydrogens (tertiary/aromatic N) is 1. The molecule has 2 heterocycles. The van der Waals surface area contributed by atoms with Gasteiger partial charge in [0.2, 0.25) is 5.01 Å². The molecule has 0 amide bonds. The molecule has 0 fully saturated rings. The lowest BCUT2D eigenvalue weighted by atomic mass is 10.2. The van der Waals surface area contributed by atoms with Crippen LogP contribution in [0, 0.1) is 13.8 Å². The first-order valence-corrected chi connectivity index (χ1v) is 5.09. The molecule has 1 aliphatic heterocycles. The fraction of sp³-hybridized carbons (Fsp3) is 0.667. The maximum absolute atomic E-state index is 2.49. The molecule has 0 atom stereocenters. The molecular weight excluding hydrogens is 154 g/mol. The molecule has 1 aromatic rings. The summed E-state index contributed by atoms with van der Waals surface area (Å²) in [7, 11) is 0. The van der Waals surface area contributed by atoms with E-state index in [-0.39, 0.29) is 0 Å². The van der Waals surface area contributed by atoms with Crippen LogP contribution in [0.4, 0.5) is 0 Å². The first-order chi connectivity index (χ1) is 5.29. The van der Waals surface area contributed by atoms with E-state index in [1.54, 1.807) is 5.01 Å². The number of fused-ring (bicyclic) bond motifs is 1. The fourth-order valence-corrected chi connectivity index (χ4v) is 2.90. The SMILES string of the molecule is Cc1sc2[n+](c1C)CCCC2. The summed E-state index contributed by atoms with van der Waals surface area (Å²) >= 11 is 1.98. The maximum Gasteiger partial charge on any atom is 0.237 e. The van der Waals surface area contributed by atoms with Crippen molar-refractivity contribution in [2.24, 2.45) is 0 Å². The second kappa shape index (κ2) is 2.59. The summed E-state index contributed by atoms with van der Waals surface area (Å²) in [4.78, 5) is 1.50. The van der Waals surface area contributed by atoms with E-state index < -0.39 is 0 Å². The highest BCUT2D eigenvalue weighted by atomic mass is 32.1. The summed E-state index contributed by atoms with van der Waals surface area (Å²) in [5.74, 6) is 0. The van der Waals surface area contributed by atoms with Crippen LogP contribution in [0.1, 0.15) is 28.4 Å². The van der Waals surface area contributed by atoms with E-state index in [0.29, 0.717) is 0 Å². The molecule has 11 heavy (non-hydrogen) atoms. The third-order valence-electron chi connectivity index (χ3n) is 2.51. The van der Waals surface area contributed by atoms with Gasteiger partial charge in [-0.05, 0) is 13.3 Å². The monoisotopic (exact) mass is 168 g/mol. The van der Waals surface area contributed by atoms with Gasteiger partial charge in [0.1, 0.15) is 6.54 Å². The lowest BCUT2D eigenvalue weighted by molar-refractivity contribution is -0.710. The molecule has 60 valence electrons. The molecule has 1 aromatic heterocycles. The molecule has 1 aliphatic rings. The third-order valence-corrected chi connectivity index (χ3v) is 3.77. The van der Waals surface area contributed by atoms with E-state index in [9.17, 15) is 0 Å². The molecule has 0 unspecified atom stereocenters. The predicted molar refractivity (Wildman–Crippen MR) is 46.9 cm³/mol. The van der Waals surface area contributed by atoms with Crippen molar-refractivity contribution in [2.45, 2.75) is 39.7 Å². The molecular formula is C9H14NS+. The van der Waals surface area contributed by atoms with Crippen molar-refractivity contribution in [1.29, 1.82) is 0 Å². The second-order valence-electron chi connectivity index (χ2n) is 3.25. The second-order valence-corrected chi connectivity index (χ2v) is 4.53. The molecule has 0 aromatic carbocycles. The minimum Gasteiger partial charge on any atom is -0.190 e. The van der Waals surface area contributed by atoms with Gasteiger partial charge in [0.25, 0.3) is 0 Å². The Kier molecular flexibility index (Phi) is 1.72. The maximum atomic E-state index is 2.49. The minimum atomic E-state index is 1.26. The van der Waals surface area contributed by atoms with E-state index in [1.165, 1.54) is 36.4 Å². The van der Waals surface area contributed by atoms with E-state index in [4.69, 9.17) is 0 Å². The highest BCUT2D eigenvalue weighted by molar-refractivity contribution is 7.11. The van der Waals surface area contributed by atoms with Crippen molar-refractivity contribution >= 4 is 11.3 Å². The van der Waals surface area contributed by atoms with Gasteiger partial charge >= 0.3 is 0 Å².